The van der Waals surface area contributed by atoms with E-state index in [1.165, 1.54) is 25.7 Å². The molecule has 8 nitrogen and oxygen atoms in total. The third kappa shape index (κ3) is 3.48. The molecule has 2 saturated heterocycles. The number of rotatable bonds is 5. The molecule has 0 amide bonds. The van der Waals surface area contributed by atoms with E-state index in [9.17, 15) is 0 Å². The lowest BCUT2D eigenvalue weighted by atomic mass is 10.3. The fourth-order valence-electron chi connectivity index (χ4n) is 4.68. The van der Waals surface area contributed by atoms with Crippen molar-refractivity contribution in [1.29, 1.82) is 0 Å². The first-order valence-electron chi connectivity index (χ1n) is 11.3. The maximum atomic E-state index is 6.76. The first kappa shape index (κ1) is 19.5. The zero-order valence-electron chi connectivity index (χ0n) is 17.9. The van der Waals surface area contributed by atoms with Crippen LogP contribution in [0.5, 0.6) is 0 Å². The number of aromatic nitrogens is 6. The highest BCUT2D eigenvalue weighted by Crippen LogP contribution is 2.26. The maximum Gasteiger partial charge on any atom is 0.159 e. The predicted octanol–water partition coefficient (Wildman–Crippen LogP) is 3.89. The summed E-state index contributed by atoms with van der Waals surface area (Å²) in [6.07, 6.45) is 12.4. The van der Waals surface area contributed by atoms with Crippen LogP contribution in [0.2, 0.25) is 5.15 Å². The zero-order valence-corrected chi connectivity index (χ0v) is 18.6. The van der Waals surface area contributed by atoms with E-state index in [-0.39, 0.29) is 0 Å². The molecule has 0 spiro atoms. The van der Waals surface area contributed by atoms with E-state index in [1.807, 2.05) is 22.9 Å². The number of pyridine rings is 1. The van der Waals surface area contributed by atoms with Gasteiger partial charge in [-0.2, -0.15) is 0 Å². The van der Waals surface area contributed by atoms with Crippen LogP contribution in [0.15, 0.2) is 43.0 Å². The highest BCUT2D eigenvalue weighted by Gasteiger charge is 2.19. The second kappa shape index (κ2) is 8.09. The molecule has 164 valence electrons. The van der Waals surface area contributed by atoms with Crippen molar-refractivity contribution in [2.75, 3.05) is 36.0 Å². The molecule has 0 bridgehead atoms. The summed E-state index contributed by atoms with van der Waals surface area (Å²) in [5.41, 5.74) is 2.41. The monoisotopic (exact) mass is 448 g/mol. The second-order valence-corrected chi connectivity index (χ2v) is 8.83. The molecule has 6 rings (SSSR count). The molecule has 4 aromatic heterocycles. The summed E-state index contributed by atoms with van der Waals surface area (Å²) in [4.78, 5) is 23.4. The van der Waals surface area contributed by atoms with Crippen molar-refractivity contribution in [3.8, 4) is 11.5 Å². The Morgan fingerprint density at radius 1 is 0.875 bits per heavy atom. The maximum absolute atomic E-state index is 6.76. The Balaban J connectivity index is 1.30. The van der Waals surface area contributed by atoms with Gasteiger partial charge in [-0.05, 0) is 37.8 Å². The second-order valence-electron chi connectivity index (χ2n) is 8.47. The van der Waals surface area contributed by atoms with Crippen LogP contribution >= 0.6 is 11.6 Å². The third-order valence-corrected chi connectivity index (χ3v) is 6.76. The van der Waals surface area contributed by atoms with Crippen molar-refractivity contribution >= 4 is 28.9 Å². The quantitative estimate of drug-likeness (QED) is 0.461. The number of nitrogens with zero attached hydrogens (tertiary/aromatic N) is 8. The first-order valence-corrected chi connectivity index (χ1v) is 11.6. The van der Waals surface area contributed by atoms with Crippen LogP contribution in [0, 0.1) is 0 Å². The van der Waals surface area contributed by atoms with E-state index >= 15 is 0 Å². The van der Waals surface area contributed by atoms with E-state index in [0.29, 0.717) is 11.7 Å². The fraction of sp³-hybridized carbons (Fsp3) is 0.391. The number of hydrogen-bond donors (Lipinski definition) is 0. The molecular weight excluding hydrogens is 424 g/mol. The molecule has 32 heavy (non-hydrogen) atoms. The van der Waals surface area contributed by atoms with Crippen molar-refractivity contribution in [3.63, 3.8) is 0 Å². The van der Waals surface area contributed by atoms with E-state index in [2.05, 4.69) is 36.5 Å². The van der Waals surface area contributed by atoms with Crippen molar-refractivity contribution in [2.24, 2.45) is 0 Å². The summed E-state index contributed by atoms with van der Waals surface area (Å²) in [6.45, 7) is 4.73. The molecule has 2 aliphatic heterocycles. The van der Waals surface area contributed by atoms with Gasteiger partial charge in [-0.1, -0.05) is 17.7 Å². The number of hydrogen-bond acceptors (Lipinski definition) is 6. The third-order valence-electron chi connectivity index (χ3n) is 6.36. The van der Waals surface area contributed by atoms with Crippen LogP contribution in [-0.2, 0) is 6.54 Å². The molecule has 2 aliphatic rings. The molecule has 9 heteroatoms. The molecule has 6 heterocycles. The first-order chi connectivity index (χ1) is 15.8. The van der Waals surface area contributed by atoms with Crippen molar-refractivity contribution in [3.05, 3.63) is 53.8 Å². The smallest absolute Gasteiger partial charge is 0.159 e. The average Bonchev–Trinajstić information content (AvgIpc) is 3.63. The Morgan fingerprint density at radius 3 is 2.41 bits per heavy atom. The summed E-state index contributed by atoms with van der Waals surface area (Å²) in [5, 5.41) is 0.612. The van der Waals surface area contributed by atoms with Crippen LogP contribution < -0.4 is 9.80 Å². The Labute approximate surface area is 191 Å². The standard InChI is InChI=1S/C23H25ClN8/c24-22-18(28-20-14-26-21(16-32(20)22)30-11-3-4-12-30)15-31-13-8-25-23(31)17-6-5-7-19(27-17)29-9-1-2-10-29/h5-8,13-14,16H,1-4,9-12,15H2. The lowest BCUT2D eigenvalue weighted by molar-refractivity contribution is 0.785. The molecular formula is C23H25ClN8. The van der Waals surface area contributed by atoms with Gasteiger partial charge >= 0.3 is 0 Å². The molecule has 0 saturated carbocycles. The number of halogens is 1. The number of fused-ring (bicyclic) bond motifs is 1. The minimum atomic E-state index is 0.518. The molecule has 0 N–H and O–H groups in total. The van der Waals surface area contributed by atoms with E-state index in [4.69, 9.17) is 21.6 Å². The van der Waals surface area contributed by atoms with Crippen LogP contribution in [0.3, 0.4) is 0 Å². The lowest BCUT2D eigenvalue weighted by Crippen LogP contribution is -2.19. The van der Waals surface area contributed by atoms with Gasteiger partial charge in [0.2, 0.25) is 0 Å². The summed E-state index contributed by atoms with van der Waals surface area (Å²) in [7, 11) is 0. The molecule has 0 aliphatic carbocycles. The van der Waals surface area contributed by atoms with Crippen molar-refractivity contribution in [2.45, 2.75) is 32.2 Å². The largest absolute Gasteiger partial charge is 0.357 e. The minimum absolute atomic E-state index is 0.518. The van der Waals surface area contributed by atoms with E-state index in [1.54, 1.807) is 12.4 Å². The molecule has 0 aromatic carbocycles. The van der Waals surface area contributed by atoms with Crippen molar-refractivity contribution < 1.29 is 0 Å². The van der Waals surface area contributed by atoms with E-state index in [0.717, 1.165) is 60.7 Å². The van der Waals surface area contributed by atoms with Gasteiger partial charge in [0.05, 0.1) is 24.6 Å². The Bertz CT molecular complexity index is 1250. The SMILES string of the molecule is Clc1c(Cn2ccnc2-c2cccc(N3CCCC3)n2)nc2cnc(N3CCCC3)cn12. The minimum Gasteiger partial charge on any atom is -0.357 e. The summed E-state index contributed by atoms with van der Waals surface area (Å²) in [6, 6.07) is 6.14. The van der Waals surface area contributed by atoms with Crippen LogP contribution in [-0.4, -0.2) is 55.1 Å². The van der Waals surface area contributed by atoms with Gasteiger partial charge < -0.3 is 14.4 Å². The number of anilines is 2. The summed E-state index contributed by atoms with van der Waals surface area (Å²) in [5.74, 6) is 2.78. The van der Waals surface area contributed by atoms with Gasteiger partial charge in [-0.15, -0.1) is 0 Å². The van der Waals surface area contributed by atoms with Gasteiger partial charge in [0, 0.05) is 38.6 Å². The Hall–Kier alpha value is -3.13. The van der Waals surface area contributed by atoms with Crippen LogP contribution in [0.4, 0.5) is 11.6 Å². The summed E-state index contributed by atoms with van der Waals surface area (Å²) >= 11 is 6.76. The predicted molar refractivity (Wildman–Crippen MR) is 125 cm³/mol. The Morgan fingerprint density at radius 2 is 1.62 bits per heavy atom. The van der Waals surface area contributed by atoms with E-state index < -0.39 is 0 Å². The normalized spacial score (nSPS) is 16.5. The topological polar surface area (TPSA) is 67.4 Å². The highest BCUT2D eigenvalue weighted by molar-refractivity contribution is 6.30. The molecule has 0 atom stereocenters. The average molecular weight is 449 g/mol. The van der Waals surface area contributed by atoms with Gasteiger partial charge in [0.1, 0.15) is 22.5 Å². The van der Waals surface area contributed by atoms with Crippen LogP contribution in [0.1, 0.15) is 31.4 Å². The van der Waals surface area contributed by atoms with Crippen LogP contribution in [0.25, 0.3) is 17.2 Å². The molecule has 0 radical (unpaired) electrons. The van der Waals surface area contributed by atoms with Gasteiger partial charge in [-0.3, -0.25) is 4.40 Å². The molecule has 4 aromatic rings. The lowest BCUT2D eigenvalue weighted by Gasteiger charge is -2.17. The van der Waals surface area contributed by atoms with Gasteiger partial charge in [0.15, 0.2) is 11.5 Å². The van der Waals surface area contributed by atoms with Gasteiger partial charge in [-0.25, -0.2) is 19.9 Å². The van der Waals surface area contributed by atoms with Crippen molar-refractivity contribution in [1.82, 2.24) is 28.9 Å². The number of imidazole rings is 2. The zero-order chi connectivity index (χ0) is 21.5. The van der Waals surface area contributed by atoms with Gasteiger partial charge in [0.25, 0.3) is 0 Å². The molecule has 2 fully saturated rings. The molecule has 0 unspecified atom stereocenters. The Kier molecular flexibility index (Phi) is 4.94. The fourth-order valence-corrected chi connectivity index (χ4v) is 4.91. The summed E-state index contributed by atoms with van der Waals surface area (Å²) < 4.78 is 3.99. The highest BCUT2D eigenvalue weighted by atomic mass is 35.5.